The Kier molecular flexibility index (Phi) is 5.53. The highest BCUT2D eigenvalue weighted by Crippen LogP contribution is 2.24. The van der Waals surface area contributed by atoms with Crippen LogP contribution in [-0.4, -0.2) is 58.9 Å². The number of piperidine rings is 1. The maximum Gasteiger partial charge on any atom is 0.320 e. The third-order valence-corrected chi connectivity index (χ3v) is 5.88. The number of hydrogen-bond acceptors (Lipinski definition) is 2. The monoisotopic (exact) mass is 397 g/mol. The summed E-state index contributed by atoms with van der Waals surface area (Å²) in [6.07, 6.45) is 1.65. The average Bonchev–Trinajstić information content (AvgIpc) is 3.09. The van der Waals surface area contributed by atoms with Crippen LogP contribution >= 0.6 is 11.6 Å². The number of likely N-dealkylation sites (tertiary alicyclic amines) is 1. The van der Waals surface area contributed by atoms with Crippen molar-refractivity contribution in [2.24, 2.45) is 0 Å². The van der Waals surface area contributed by atoms with Crippen molar-refractivity contribution in [3.63, 3.8) is 0 Å². The third kappa shape index (κ3) is 3.99. The summed E-state index contributed by atoms with van der Waals surface area (Å²) in [7, 11) is 0. The van der Waals surface area contributed by atoms with Crippen molar-refractivity contribution in [3.05, 3.63) is 70.7 Å². The van der Waals surface area contributed by atoms with Gasteiger partial charge in [0.05, 0.1) is 0 Å². The van der Waals surface area contributed by atoms with Crippen LogP contribution in [0.5, 0.6) is 0 Å². The van der Waals surface area contributed by atoms with Crippen LogP contribution in [0.3, 0.4) is 0 Å². The highest BCUT2D eigenvalue weighted by atomic mass is 35.5. The zero-order valence-electron chi connectivity index (χ0n) is 15.8. The molecule has 2 aromatic rings. The van der Waals surface area contributed by atoms with Crippen molar-refractivity contribution in [2.75, 3.05) is 26.2 Å². The fraction of sp³-hybridized carbons (Fsp3) is 0.364. The molecule has 2 saturated heterocycles. The van der Waals surface area contributed by atoms with E-state index in [9.17, 15) is 9.59 Å². The predicted octanol–water partition coefficient (Wildman–Crippen LogP) is 3.88. The second kappa shape index (κ2) is 8.23. The first-order valence-corrected chi connectivity index (χ1v) is 10.1. The number of carbonyl (C=O) groups is 2. The number of halogens is 1. The quantitative estimate of drug-likeness (QED) is 0.785. The Balaban J connectivity index is 1.32. The molecule has 2 fully saturated rings. The number of nitrogens with zero attached hydrogens (tertiary/aromatic N) is 3. The molecule has 2 aliphatic heterocycles. The van der Waals surface area contributed by atoms with Crippen LogP contribution in [0, 0.1) is 0 Å². The van der Waals surface area contributed by atoms with E-state index in [1.165, 1.54) is 0 Å². The highest BCUT2D eigenvalue weighted by molar-refractivity contribution is 6.30. The number of carbonyl (C=O) groups excluding carboxylic acids is 2. The SMILES string of the molecule is O=C(c1ccc(Cl)cc1)N1CCC(N2CCN(Cc3ccccc3)C2=O)CC1. The number of urea groups is 1. The lowest BCUT2D eigenvalue weighted by molar-refractivity contribution is 0.0663. The molecule has 0 radical (unpaired) electrons. The van der Waals surface area contributed by atoms with Crippen LogP contribution in [-0.2, 0) is 6.54 Å². The average molecular weight is 398 g/mol. The first kappa shape index (κ1) is 18.8. The van der Waals surface area contributed by atoms with Crippen LogP contribution in [0.4, 0.5) is 4.79 Å². The van der Waals surface area contributed by atoms with Gasteiger partial charge in [-0.25, -0.2) is 4.79 Å². The lowest BCUT2D eigenvalue weighted by atomic mass is 10.0. The summed E-state index contributed by atoms with van der Waals surface area (Å²) in [6.45, 7) is 3.53. The van der Waals surface area contributed by atoms with E-state index in [2.05, 4.69) is 12.1 Å². The summed E-state index contributed by atoms with van der Waals surface area (Å²) in [5, 5.41) is 0.628. The van der Waals surface area contributed by atoms with Gasteiger partial charge in [-0.3, -0.25) is 4.79 Å². The largest absolute Gasteiger partial charge is 0.338 e. The zero-order chi connectivity index (χ0) is 19.5. The van der Waals surface area contributed by atoms with Crippen LogP contribution in [0.2, 0.25) is 5.02 Å². The Bertz CT molecular complexity index is 833. The Morgan fingerprint density at radius 3 is 2.29 bits per heavy atom. The molecule has 146 valence electrons. The van der Waals surface area contributed by atoms with Crippen molar-refractivity contribution in [3.8, 4) is 0 Å². The van der Waals surface area contributed by atoms with E-state index in [-0.39, 0.29) is 18.0 Å². The van der Waals surface area contributed by atoms with Gasteiger partial charge >= 0.3 is 6.03 Å². The van der Waals surface area contributed by atoms with Crippen molar-refractivity contribution in [2.45, 2.75) is 25.4 Å². The summed E-state index contributed by atoms with van der Waals surface area (Å²) in [5.74, 6) is 0.0357. The Labute approximate surface area is 170 Å². The first-order valence-electron chi connectivity index (χ1n) is 9.76. The zero-order valence-corrected chi connectivity index (χ0v) is 16.5. The Hall–Kier alpha value is -2.53. The van der Waals surface area contributed by atoms with Gasteiger partial charge in [0.2, 0.25) is 0 Å². The second-order valence-electron chi connectivity index (χ2n) is 7.41. The molecule has 28 heavy (non-hydrogen) atoms. The third-order valence-electron chi connectivity index (χ3n) is 5.63. The summed E-state index contributed by atoms with van der Waals surface area (Å²) in [5.41, 5.74) is 1.82. The maximum absolute atomic E-state index is 12.8. The minimum atomic E-state index is 0.0357. The molecule has 6 heteroatoms. The molecule has 0 atom stereocenters. The second-order valence-corrected chi connectivity index (χ2v) is 7.85. The van der Waals surface area contributed by atoms with Crippen molar-refractivity contribution >= 4 is 23.5 Å². The van der Waals surface area contributed by atoms with Gasteiger partial charge in [0, 0.05) is 49.4 Å². The minimum Gasteiger partial charge on any atom is -0.338 e. The smallest absolute Gasteiger partial charge is 0.320 e. The summed E-state index contributed by atoms with van der Waals surface area (Å²) < 4.78 is 0. The molecule has 2 aliphatic rings. The molecule has 0 spiro atoms. The molecular weight excluding hydrogens is 374 g/mol. The van der Waals surface area contributed by atoms with Gasteiger partial charge < -0.3 is 14.7 Å². The molecule has 2 aromatic carbocycles. The fourth-order valence-electron chi connectivity index (χ4n) is 4.05. The van der Waals surface area contributed by atoms with Gasteiger partial charge in [-0.05, 0) is 42.7 Å². The number of benzene rings is 2. The number of hydrogen-bond donors (Lipinski definition) is 0. The molecule has 0 bridgehead atoms. The molecule has 0 aliphatic carbocycles. The van der Waals surface area contributed by atoms with Gasteiger partial charge in [0.25, 0.3) is 5.91 Å². The van der Waals surface area contributed by atoms with E-state index >= 15 is 0 Å². The van der Waals surface area contributed by atoms with Crippen molar-refractivity contribution in [1.82, 2.24) is 14.7 Å². The molecular formula is C22H24ClN3O2. The summed E-state index contributed by atoms with van der Waals surface area (Å²) >= 11 is 5.90. The molecule has 2 heterocycles. The fourth-order valence-corrected chi connectivity index (χ4v) is 4.17. The Morgan fingerprint density at radius 1 is 0.929 bits per heavy atom. The summed E-state index contributed by atoms with van der Waals surface area (Å²) in [6, 6.07) is 17.4. The molecule has 0 saturated carbocycles. The van der Waals surface area contributed by atoms with Crippen LogP contribution in [0.15, 0.2) is 54.6 Å². The van der Waals surface area contributed by atoms with Crippen LogP contribution < -0.4 is 0 Å². The van der Waals surface area contributed by atoms with Crippen molar-refractivity contribution in [1.29, 1.82) is 0 Å². The van der Waals surface area contributed by atoms with E-state index in [0.29, 0.717) is 30.2 Å². The van der Waals surface area contributed by atoms with Gasteiger partial charge in [-0.2, -0.15) is 0 Å². The van der Waals surface area contributed by atoms with E-state index in [1.54, 1.807) is 24.3 Å². The minimum absolute atomic E-state index is 0.0357. The lowest BCUT2D eigenvalue weighted by Crippen LogP contribution is -2.48. The predicted molar refractivity (Wildman–Crippen MR) is 109 cm³/mol. The normalized spacial score (nSPS) is 18.0. The van der Waals surface area contributed by atoms with Gasteiger partial charge in [-0.15, -0.1) is 0 Å². The van der Waals surface area contributed by atoms with E-state index in [1.807, 2.05) is 32.9 Å². The van der Waals surface area contributed by atoms with E-state index in [0.717, 1.165) is 31.5 Å². The molecule has 0 N–H and O–H groups in total. The lowest BCUT2D eigenvalue weighted by Gasteiger charge is -2.36. The van der Waals surface area contributed by atoms with Crippen LogP contribution in [0.1, 0.15) is 28.8 Å². The van der Waals surface area contributed by atoms with Crippen LogP contribution in [0.25, 0.3) is 0 Å². The number of amides is 3. The van der Waals surface area contributed by atoms with Crippen molar-refractivity contribution < 1.29 is 9.59 Å². The topological polar surface area (TPSA) is 43.9 Å². The molecule has 3 amide bonds. The number of rotatable bonds is 4. The van der Waals surface area contributed by atoms with Gasteiger partial charge in [0.1, 0.15) is 0 Å². The standard InChI is InChI=1S/C22H24ClN3O2/c23-19-8-6-18(7-9-19)21(27)24-12-10-20(11-13-24)26-15-14-25(22(26)28)16-17-4-2-1-3-5-17/h1-9,20H,10-16H2. The molecule has 0 unspecified atom stereocenters. The molecule has 5 nitrogen and oxygen atoms in total. The maximum atomic E-state index is 12.8. The Morgan fingerprint density at radius 2 is 1.61 bits per heavy atom. The van der Waals surface area contributed by atoms with E-state index in [4.69, 9.17) is 11.6 Å². The summed E-state index contributed by atoms with van der Waals surface area (Å²) in [4.78, 5) is 31.3. The highest BCUT2D eigenvalue weighted by Gasteiger charge is 2.36. The van der Waals surface area contributed by atoms with Gasteiger partial charge in [-0.1, -0.05) is 41.9 Å². The van der Waals surface area contributed by atoms with Gasteiger partial charge in [0.15, 0.2) is 0 Å². The first-order chi connectivity index (χ1) is 13.6. The molecule has 4 rings (SSSR count). The van der Waals surface area contributed by atoms with E-state index < -0.39 is 0 Å². The molecule has 0 aromatic heterocycles.